The van der Waals surface area contributed by atoms with Gasteiger partial charge in [-0.2, -0.15) is 0 Å². The van der Waals surface area contributed by atoms with Crippen molar-refractivity contribution in [2.24, 2.45) is 5.73 Å². The van der Waals surface area contributed by atoms with Crippen molar-refractivity contribution in [1.29, 1.82) is 0 Å². The summed E-state index contributed by atoms with van der Waals surface area (Å²) in [7, 11) is 0. The molecule has 3 nitrogen and oxygen atoms in total. The van der Waals surface area contributed by atoms with E-state index in [1.165, 1.54) is 12.1 Å². The number of hydrogen-bond donors (Lipinski definition) is 3. The van der Waals surface area contributed by atoms with Crippen LogP contribution in [-0.4, -0.2) is 23.8 Å². The van der Waals surface area contributed by atoms with Crippen molar-refractivity contribution in [3.63, 3.8) is 0 Å². The normalized spacial score (nSPS) is 15.0. The van der Waals surface area contributed by atoms with Gasteiger partial charge in [-0.05, 0) is 36.1 Å². The lowest BCUT2D eigenvalue weighted by molar-refractivity contribution is 0.137. The van der Waals surface area contributed by atoms with Gasteiger partial charge in [-0.25, -0.2) is 8.78 Å². The highest BCUT2D eigenvalue weighted by atomic mass is 19.1. The van der Waals surface area contributed by atoms with Crippen molar-refractivity contribution in [3.8, 4) is 0 Å². The SMILES string of the molecule is CC[C@@H](NC[C@@H](O)[C@@H](N)Cc1cc(F)cc(F)c1)c1ccccc1. The average Bonchev–Trinajstić information content (AvgIpc) is 2.55. The number of benzene rings is 2. The standard InChI is InChI=1S/C19H24F2N2O/c1-2-18(14-6-4-3-5-7-14)23-12-19(24)17(22)10-13-8-15(20)11-16(21)9-13/h3-9,11,17-19,23-24H,2,10,12,22H2,1H3/t17-,18+,19+/m0/s1. The molecule has 2 aromatic carbocycles. The summed E-state index contributed by atoms with van der Waals surface area (Å²) in [5.41, 5.74) is 7.57. The molecule has 0 spiro atoms. The van der Waals surface area contributed by atoms with Gasteiger partial charge in [0.05, 0.1) is 6.10 Å². The number of aliphatic hydroxyl groups is 1. The first-order chi connectivity index (χ1) is 11.5. The van der Waals surface area contributed by atoms with Crippen LogP contribution < -0.4 is 11.1 Å². The quantitative estimate of drug-likeness (QED) is 0.696. The monoisotopic (exact) mass is 334 g/mol. The van der Waals surface area contributed by atoms with Crippen molar-refractivity contribution in [2.75, 3.05) is 6.54 Å². The summed E-state index contributed by atoms with van der Waals surface area (Å²) in [6.07, 6.45) is 0.273. The van der Waals surface area contributed by atoms with Gasteiger partial charge in [0.15, 0.2) is 0 Å². The largest absolute Gasteiger partial charge is 0.390 e. The number of nitrogens with one attached hydrogen (secondary N) is 1. The number of aliphatic hydroxyl groups excluding tert-OH is 1. The molecule has 5 heteroatoms. The van der Waals surface area contributed by atoms with Gasteiger partial charge in [0.25, 0.3) is 0 Å². The summed E-state index contributed by atoms with van der Waals surface area (Å²) in [5.74, 6) is -1.28. The zero-order valence-electron chi connectivity index (χ0n) is 13.8. The first kappa shape index (κ1) is 18.5. The minimum Gasteiger partial charge on any atom is -0.390 e. The fraction of sp³-hybridized carbons (Fsp3) is 0.368. The third-order valence-electron chi connectivity index (χ3n) is 4.07. The van der Waals surface area contributed by atoms with E-state index in [4.69, 9.17) is 5.73 Å². The van der Waals surface area contributed by atoms with E-state index in [0.717, 1.165) is 18.1 Å². The highest BCUT2D eigenvalue weighted by Crippen LogP contribution is 2.16. The summed E-state index contributed by atoms with van der Waals surface area (Å²) in [4.78, 5) is 0. The number of nitrogens with two attached hydrogens (primary N) is 1. The molecule has 0 radical (unpaired) electrons. The molecule has 130 valence electrons. The van der Waals surface area contributed by atoms with E-state index >= 15 is 0 Å². The summed E-state index contributed by atoms with van der Waals surface area (Å²) in [5, 5.41) is 13.5. The van der Waals surface area contributed by atoms with Crippen LogP contribution in [0.2, 0.25) is 0 Å². The first-order valence-corrected chi connectivity index (χ1v) is 8.16. The zero-order valence-corrected chi connectivity index (χ0v) is 13.8. The van der Waals surface area contributed by atoms with E-state index in [1.807, 2.05) is 30.3 Å². The lowest BCUT2D eigenvalue weighted by Crippen LogP contribution is -2.43. The van der Waals surface area contributed by atoms with Crippen molar-refractivity contribution < 1.29 is 13.9 Å². The molecule has 0 aromatic heterocycles. The van der Waals surface area contributed by atoms with E-state index in [1.54, 1.807) is 0 Å². The Labute approximate surface area is 141 Å². The molecule has 0 unspecified atom stereocenters. The summed E-state index contributed by atoms with van der Waals surface area (Å²) < 4.78 is 26.4. The Bertz CT molecular complexity index is 616. The smallest absolute Gasteiger partial charge is 0.126 e. The van der Waals surface area contributed by atoms with Crippen LogP contribution in [0.5, 0.6) is 0 Å². The molecular formula is C19H24F2N2O. The predicted molar refractivity (Wildman–Crippen MR) is 91.5 cm³/mol. The Morgan fingerprint density at radius 3 is 2.29 bits per heavy atom. The average molecular weight is 334 g/mol. The van der Waals surface area contributed by atoms with E-state index in [-0.39, 0.29) is 12.5 Å². The van der Waals surface area contributed by atoms with Gasteiger partial charge in [0, 0.05) is 24.7 Å². The fourth-order valence-electron chi connectivity index (χ4n) is 2.73. The molecular weight excluding hydrogens is 310 g/mol. The van der Waals surface area contributed by atoms with Crippen LogP contribution >= 0.6 is 0 Å². The molecule has 0 fully saturated rings. The highest BCUT2D eigenvalue weighted by Gasteiger charge is 2.18. The molecule has 24 heavy (non-hydrogen) atoms. The van der Waals surface area contributed by atoms with Gasteiger partial charge >= 0.3 is 0 Å². The van der Waals surface area contributed by atoms with Gasteiger partial charge in [-0.15, -0.1) is 0 Å². The maximum absolute atomic E-state index is 13.2. The molecule has 0 bridgehead atoms. The fourth-order valence-corrected chi connectivity index (χ4v) is 2.73. The molecule has 0 amide bonds. The van der Waals surface area contributed by atoms with E-state index in [0.29, 0.717) is 12.1 Å². The van der Waals surface area contributed by atoms with Gasteiger partial charge in [-0.3, -0.25) is 0 Å². The second-order valence-electron chi connectivity index (χ2n) is 5.99. The van der Waals surface area contributed by atoms with Crippen molar-refractivity contribution >= 4 is 0 Å². The Hall–Kier alpha value is -1.82. The zero-order chi connectivity index (χ0) is 17.5. The van der Waals surface area contributed by atoms with Crippen LogP contribution in [0.15, 0.2) is 48.5 Å². The van der Waals surface area contributed by atoms with E-state index in [2.05, 4.69) is 12.2 Å². The second-order valence-corrected chi connectivity index (χ2v) is 5.99. The molecule has 0 heterocycles. The van der Waals surface area contributed by atoms with Crippen molar-refractivity contribution in [1.82, 2.24) is 5.32 Å². The van der Waals surface area contributed by atoms with E-state index in [9.17, 15) is 13.9 Å². The summed E-state index contributed by atoms with van der Waals surface area (Å²) in [6, 6.07) is 12.8. The van der Waals surface area contributed by atoms with Gasteiger partial charge in [0.2, 0.25) is 0 Å². The lowest BCUT2D eigenvalue weighted by Gasteiger charge is -2.23. The third kappa shape index (κ3) is 5.37. The highest BCUT2D eigenvalue weighted by molar-refractivity contribution is 5.20. The van der Waals surface area contributed by atoms with Gasteiger partial charge in [0.1, 0.15) is 11.6 Å². The van der Waals surface area contributed by atoms with Gasteiger partial charge < -0.3 is 16.2 Å². The molecule has 0 aliphatic carbocycles. The number of halogens is 2. The maximum Gasteiger partial charge on any atom is 0.126 e. The molecule has 2 aromatic rings. The van der Waals surface area contributed by atoms with Crippen molar-refractivity contribution in [2.45, 2.75) is 38.0 Å². The Kier molecular flexibility index (Phi) is 6.85. The number of rotatable bonds is 8. The molecule has 4 N–H and O–H groups in total. The van der Waals surface area contributed by atoms with E-state index < -0.39 is 23.8 Å². The van der Waals surface area contributed by atoms with Crippen LogP contribution in [0.1, 0.15) is 30.5 Å². The number of hydrogen-bond acceptors (Lipinski definition) is 3. The summed E-state index contributed by atoms with van der Waals surface area (Å²) >= 11 is 0. The van der Waals surface area contributed by atoms with Crippen LogP contribution in [0, 0.1) is 11.6 Å². The Morgan fingerprint density at radius 2 is 1.71 bits per heavy atom. The topological polar surface area (TPSA) is 58.3 Å². The predicted octanol–water partition coefficient (Wildman–Crippen LogP) is 2.94. The molecule has 2 rings (SSSR count). The van der Waals surface area contributed by atoms with Crippen LogP contribution in [0.4, 0.5) is 8.78 Å². The second kappa shape index (κ2) is 8.87. The Balaban J connectivity index is 1.90. The molecule has 0 aliphatic heterocycles. The van der Waals surface area contributed by atoms with Crippen molar-refractivity contribution in [3.05, 3.63) is 71.3 Å². The third-order valence-corrected chi connectivity index (χ3v) is 4.07. The Morgan fingerprint density at radius 1 is 1.08 bits per heavy atom. The van der Waals surface area contributed by atoms with Crippen LogP contribution in [0.25, 0.3) is 0 Å². The molecule has 0 saturated heterocycles. The minimum absolute atomic E-state index is 0.125. The maximum atomic E-state index is 13.2. The summed E-state index contributed by atoms with van der Waals surface area (Å²) in [6.45, 7) is 2.37. The minimum atomic E-state index is -0.811. The van der Waals surface area contributed by atoms with Gasteiger partial charge in [-0.1, -0.05) is 37.3 Å². The molecule has 3 atom stereocenters. The molecule has 0 aliphatic rings. The first-order valence-electron chi connectivity index (χ1n) is 8.16. The lowest BCUT2D eigenvalue weighted by atomic mass is 10.0. The molecule has 0 saturated carbocycles. The van der Waals surface area contributed by atoms with Crippen LogP contribution in [-0.2, 0) is 6.42 Å². The van der Waals surface area contributed by atoms with Crippen LogP contribution in [0.3, 0.4) is 0 Å².